The predicted molar refractivity (Wildman–Crippen MR) is 71.1 cm³/mol. The van der Waals surface area contributed by atoms with Gasteiger partial charge in [-0.3, -0.25) is 0 Å². The Morgan fingerprint density at radius 2 is 2.25 bits per heavy atom. The van der Waals surface area contributed by atoms with Crippen molar-refractivity contribution in [1.82, 2.24) is 10.2 Å². The minimum atomic E-state index is 0.687. The van der Waals surface area contributed by atoms with Crippen molar-refractivity contribution in [1.29, 1.82) is 0 Å². The van der Waals surface area contributed by atoms with Crippen molar-refractivity contribution in [2.24, 2.45) is 0 Å². The fourth-order valence-corrected chi connectivity index (χ4v) is 3.19. The Hall–Kier alpha value is -0.380. The summed E-state index contributed by atoms with van der Waals surface area (Å²) in [5.41, 5.74) is 1.49. The minimum absolute atomic E-state index is 0.687. The summed E-state index contributed by atoms with van der Waals surface area (Å²) in [5.74, 6) is 0. The summed E-state index contributed by atoms with van der Waals surface area (Å²) in [5, 5.41) is 7.83. The fourth-order valence-electron chi connectivity index (χ4n) is 2.51. The zero-order valence-electron chi connectivity index (χ0n) is 10.3. The summed E-state index contributed by atoms with van der Waals surface area (Å²) < 4.78 is 0. The molecule has 0 amide bonds. The molecule has 0 aliphatic carbocycles. The van der Waals surface area contributed by atoms with E-state index in [4.69, 9.17) is 0 Å². The van der Waals surface area contributed by atoms with Crippen molar-refractivity contribution in [3.8, 4) is 0 Å². The van der Waals surface area contributed by atoms with Gasteiger partial charge < -0.3 is 10.2 Å². The van der Waals surface area contributed by atoms with Crippen molar-refractivity contribution < 1.29 is 0 Å². The SMILES string of the molecule is CNC1CCN(C(C)Cc2ccsc2)CC1. The van der Waals surface area contributed by atoms with Crippen LogP contribution in [0.3, 0.4) is 0 Å². The highest BCUT2D eigenvalue weighted by Crippen LogP contribution is 2.17. The average molecular weight is 238 g/mol. The molecule has 1 fully saturated rings. The molecule has 1 saturated heterocycles. The lowest BCUT2D eigenvalue weighted by atomic mass is 10.0. The van der Waals surface area contributed by atoms with E-state index in [9.17, 15) is 0 Å². The summed E-state index contributed by atoms with van der Waals surface area (Å²) >= 11 is 1.80. The molecule has 3 heteroatoms. The van der Waals surface area contributed by atoms with Gasteiger partial charge in [-0.05, 0) is 68.7 Å². The summed E-state index contributed by atoms with van der Waals surface area (Å²) in [6, 6.07) is 3.68. The molecule has 1 aromatic rings. The molecule has 0 aromatic carbocycles. The quantitative estimate of drug-likeness (QED) is 0.866. The van der Waals surface area contributed by atoms with E-state index in [1.807, 2.05) is 0 Å². The summed E-state index contributed by atoms with van der Waals surface area (Å²) in [6.45, 7) is 4.85. The highest BCUT2D eigenvalue weighted by Gasteiger charge is 2.21. The summed E-state index contributed by atoms with van der Waals surface area (Å²) in [6.07, 6.45) is 3.79. The normalized spacial score (nSPS) is 21.1. The lowest BCUT2D eigenvalue weighted by Gasteiger charge is -2.35. The second-order valence-electron chi connectivity index (χ2n) is 4.78. The first-order chi connectivity index (χ1) is 7.79. The second kappa shape index (κ2) is 5.80. The Labute approximate surface area is 103 Å². The molecule has 1 unspecified atom stereocenters. The molecule has 1 aliphatic rings. The maximum absolute atomic E-state index is 3.38. The molecule has 16 heavy (non-hydrogen) atoms. The van der Waals surface area contributed by atoms with E-state index in [0.29, 0.717) is 6.04 Å². The van der Waals surface area contributed by atoms with Crippen molar-refractivity contribution >= 4 is 11.3 Å². The minimum Gasteiger partial charge on any atom is -0.317 e. The third-order valence-electron chi connectivity index (χ3n) is 3.67. The summed E-state index contributed by atoms with van der Waals surface area (Å²) in [7, 11) is 2.08. The van der Waals surface area contributed by atoms with E-state index >= 15 is 0 Å². The standard InChI is InChI=1S/C13H22N2S/c1-11(9-12-5-8-16-10-12)15-6-3-13(14-2)4-7-15/h5,8,10-11,13-14H,3-4,6-7,9H2,1-2H3. The van der Waals surface area contributed by atoms with Gasteiger partial charge in [0.05, 0.1) is 0 Å². The van der Waals surface area contributed by atoms with E-state index < -0.39 is 0 Å². The molecule has 0 bridgehead atoms. The monoisotopic (exact) mass is 238 g/mol. The fraction of sp³-hybridized carbons (Fsp3) is 0.692. The lowest BCUT2D eigenvalue weighted by Crippen LogP contribution is -2.45. The Bertz CT molecular complexity index is 289. The molecule has 2 nitrogen and oxygen atoms in total. The van der Waals surface area contributed by atoms with Gasteiger partial charge in [-0.25, -0.2) is 0 Å². The number of thiophene rings is 1. The number of nitrogens with zero attached hydrogens (tertiary/aromatic N) is 1. The molecule has 1 aliphatic heterocycles. The molecule has 1 N–H and O–H groups in total. The third kappa shape index (κ3) is 3.06. The molecular formula is C13H22N2S. The molecule has 0 saturated carbocycles. The topological polar surface area (TPSA) is 15.3 Å². The van der Waals surface area contributed by atoms with Crippen LogP contribution in [0.4, 0.5) is 0 Å². The van der Waals surface area contributed by atoms with Crippen molar-refractivity contribution in [2.45, 2.75) is 38.3 Å². The maximum atomic E-state index is 3.38. The number of hydrogen-bond donors (Lipinski definition) is 1. The van der Waals surface area contributed by atoms with Crippen LogP contribution in [0.2, 0.25) is 0 Å². The molecule has 90 valence electrons. The van der Waals surface area contributed by atoms with Crippen LogP contribution in [-0.4, -0.2) is 37.1 Å². The van der Waals surface area contributed by atoms with Gasteiger partial charge >= 0.3 is 0 Å². The second-order valence-corrected chi connectivity index (χ2v) is 5.56. The zero-order chi connectivity index (χ0) is 11.4. The van der Waals surface area contributed by atoms with Gasteiger partial charge in [-0.1, -0.05) is 0 Å². The maximum Gasteiger partial charge on any atom is 0.0108 e. The van der Waals surface area contributed by atoms with Gasteiger partial charge in [0.1, 0.15) is 0 Å². The Balaban J connectivity index is 1.80. The van der Waals surface area contributed by atoms with E-state index in [2.05, 4.69) is 41.0 Å². The Morgan fingerprint density at radius 1 is 1.50 bits per heavy atom. The van der Waals surface area contributed by atoms with Crippen molar-refractivity contribution in [2.75, 3.05) is 20.1 Å². The zero-order valence-corrected chi connectivity index (χ0v) is 11.1. The Morgan fingerprint density at radius 3 is 2.81 bits per heavy atom. The first-order valence-electron chi connectivity index (χ1n) is 6.22. The third-order valence-corrected chi connectivity index (χ3v) is 4.40. The van der Waals surface area contributed by atoms with E-state index in [1.165, 1.54) is 37.9 Å². The van der Waals surface area contributed by atoms with Crippen molar-refractivity contribution in [3.05, 3.63) is 22.4 Å². The number of rotatable bonds is 4. The van der Waals surface area contributed by atoms with Crippen LogP contribution in [0.25, 0.3) is 0 Å². The van der Waals surface area contributed by atoms with Gasteiger partial charge in [0, 0.05) is 12.1 Å². The Kier molecular flexibility index (Phi) is 4.38. The largest absolute Gasteiger partial charge is 0.317 e. The lowest BCUT2D eigenvalue weighted by molar-refractivity contribution is 0.154. The first-order valence-corrected chi connectivity index (χ1v) is 7.16. The van der Waals surface area contributed by atoms with Crippen LogP contribution in [0.1, 0.15) is 25.3 Å². The predicted octanol–water partition coefficient (Wildman–Crippen LogP) is 2.36. The van der Waals surface area contributed by atoms with E-state index in [0.717, 1.165) is 6.04 Å². The van der Waals surface area contributed by atoms with Gasteiger partial charge in [-0.2, -0.15) is 11.3 Å². The van der Waals surface area contributed by atoms with E-state index in [-0.39, 0.29) is 0 Å². The number of likely N-dealkylation sites (tertiary alicyclic amines) is 1. The van der Waals surface area contributed by atoms with Gasteiger partial charge in [0.25, 0.3) is 0 Å². The van der Waals surface area contributed by atoms with Crippen LogP contribution in [0.5, 0.6) is 0 Å². The molecule has 2 rings (SSSR count). The molecule has 2 heterocycles. The van der Waals surface area contributed by atoms with Crippen LogP contribution >= 0.6 is 11.3 Å². The van der Waals surface area contributed by atoms with Crippen LogP contribution in [0.15, 0.2) is 16.8 Å². The van der Waals surface area contributed by atoms with Crippen LogP contribution in [0, 0.1) is 0 Å². The highest BCUT2D eigenvalue weighted by molar-refractivity contribution is 7.07. The van der Waals surface area contributed by atoms with Crippen LogP contribution < -0.4 is 5.32 Å². The average Bonchev–Trinajstić information content (AvgIpc) is 2.82. The first kappa shape index (κ1) is 12.1. The highest BCUT2D eigenvalue weighted by atomic mass is 32.1. The van der Waals surface area contributed by atoms with Gasteiger partial charge in [0.15, 0.2) is 0 Å². The van der Waals surface area contributed by atoms with Crippen LogP contribution in [-0.2, 0) is 6.42 Å². The molecular weight excluding hydrogens is 216 g/mol. The molecule has 0 spiro atoms. The van der Waals surface area contributed by atoms with Crippen molar-refractivity contribution in [3.63, 3.8) is 0 Å². The molecule has 1 atom stereocenters. The van der Waals surface area contributed by atoms with E-state index in [1.54, 1.807) is 11.3 Å². The number of hydrogen-bond acceptors (Lipinski definition) is 3. The van der Waals surface area contributed by atoms with Gasteiger partial charge in [-0.15, -0.1) is 0 Å². The smallest absolute Gasteiger partial charge is 0.0108 e. The summed E-state index contributed by atoms with van der Waals surface area (Å²) in [4.78, 5) is 2.63. The number of piperidine rings is 1. The number of nitrogens with one attached hydrogen (secondary N) is 1. The molecule has 1 aromatic heterocycles. The molecule has 0 radical (unpaired) electrons. The van der Waals surface area contributed by atoms with Gasteiger partial charge in [0.2, 0.25) is 0 Å².